The van der Waals surface area contributed by atoms with Crippen LogP contribution >= 0.6 is 23.2 Å². The van der Waals surface area contributed by atoms with Gasteiger partial charge < -0.3 is 5.32 Å². The van der Waals surface area contributed by atoms with Gasteiger partial charge in [-0.25, -0.2) is 8.42 Å². The maximum Gasteiger partial charge on any atom is 0.261 e. The van der Waals surface area contributed by atoms with E-state index in [0.717, 1.165) is 11.1 Å². The Balaban J connectivity index is 1.52. The van der Waals surface area contributed by atoms with E-state index in [1.807, 2.05) is 30.3 Å². The molecule has 0 spiro atoms. The maximum atomic E-state index is 13.1. The van der Waals surface area contributed by atoms with Crippen LogP contribution in [0.5, 0.6) is 0 Å². The van der Waals surface area contributed by atoms with Crippen molar-refractivity contribution < 1.29 is 13.2 Å². The van der Waals surface area contributed by atoms with E-state index in [0.29, 0.717) is 22.7 Å². The number of carbonyl (C=O) groups is 1. The molecular formula is C27H19Cl2N3O3S. The van der Waals surface area contributed by atoms with Gasteiger partial charge in [-0.1, -0.05) is 53.5 Å². The minimum absolute atomic E-state index is 0.00164. The molecule has 2 N–H and O–H groups in total. The minimum Gasteiger partial charge on any atom is -0.322 e. The first kappa shape index (κ1) is 25.3. The zero-order chi connectivity index (χ0) is 25.7. The van der Waals surface area contributed by atoms with Crippen LogP contribution in [0.15, 0.2) is 95.9 Å². The van der Waals surface area contributed by atoms with Gasteiger partial charge in [-0.3, -0.25) is 9.52 Å². The molecule has 0 aliphatic rings. The minimum atomic E-state index is -3.97. The van der Waals surface area contributed by atoms with Gasteiger partial charge in [-0.15, -0.1) is 0 Å². The Morgan fingerprint density at radius 3 is 2.22 bits per heavy atom. The molecule has 0 bridgehead atoms. The fourth-order valence-electron chi connectivity index (χ4n) is 3.52. The summed E-state index contributed by atoms with van der Waals surface area (Å²) in [7, 11) is -3.97. The number of benzene rings is 4. The summed E-state index contributed by atoms with van der Waals surface area (Å²) in [5.74, 6) is -0.533. The molecule has 4 aromatic carbocycles. The fourth-order valence-corrected chi connectivity index (χ4v) is 4.90. The van der Waals surface area contributed by atoms with E-state index < -0.39 is 15.9 Å². The summed E-state index contributed by atoms with van der Waals surface area (Å²) in [5, 5.41) is 12.7. The molecule has 0 heterocycles. The first-order valence-corrected chi connectivity index (χ1v) is 13.0. The number of nitriles is 1. The maximum absolute atomic E-state index is 13.1. The van der Waals surface area contributed by atoms with E-state index in [1.165, 1.54) is 42.5 Å². The lowest BCUT2D eigenvalue weighted by Crippen LogP contribution is -2.18. The second-order valence-electron chi connectivity index (χ2n) is 7.85. The molecule has 0 unspecified atom stereocenters. The van der Waals surface area contributed by atoms with Gasteiger partial charge in [0.05, 0.1) is 27.8 Å². The summed E-state index contributed by atoms with van der Waals surface area (Å²) >= 11 is 11.9. The van der Waals surface area contributed by atoms with Gasteiger partial charge in [0.15, 0.2) is 0 Å². The van der Waals surface area contributed by atoms with Crippen molar-refractivity contribution in [2.24, 2.45) is 0 Å². The predicted molar refractivity (Wildman–Crippen MR) is 142 cm³/mol. The van der Waals surface area contributed by atoms with Crippen molar-refractivity contribution in [1.82, 2.24) is 0 Å². The molecule has 9 heteroatoms. The molecule has 0 radical (unpaired) electrons. The molecule has 0 aliphatic heterocycles. The molecule has 36 heavy (non-hydrogen) atoms. The average molecular weight is 536 g/mol. The zero-order valence-electron chi connectivity index (χ0n) is 18.7. The number of anilines is 2. The molecule has 0 saturated carbocycles. The SMILES string of the molecule is N#Cc1ccccc1Cc1ccc(NC(=O)c2cc(Cl)ccc2NS(=O)(=O)c2ccc(Cl)cc2)cc1. The van der Waals surface area contributed by atoms with Gasteiger partial charge in [-0.2, -0.15) is 5.26 Å². The van der Waals surface area contributed by atoms with Crippen molar-refractivity contribution in [3.63, 3.8) is 0 Å². The highest BCUT2D eigenvalue weighted by Gasteiger charge is 2.19. The number of hydrogen-bond donors (Lipinski definition) is 2. The van der Waals surface area contributed by atoms with E-state index in [-0.39, 0.29) is 21.2 Å². The Morgan fingerprint density at radius 2 is 1.53 bits per heavy atom. The molecular weight excluding hydrogens is 517 g/mol. The van der Waals surface area contributed by atoms with Crippen LogP contribution in [0.2, 0.25) is 10.0 Å². The summed E-state index contributed by atoms with van der Waals surface area (Å²) in [6.45, 7) is 0. The van der Waals surface area contributed by atoms with Crippen LogP contribution in [0.3, 0.4) is 0 Å². The molecule has 0 fully saturated rings. The third-order valence-electron chi connectivity index (χ3n) is 5.34. The number of carbonyl (C=O) groups excluding carboxylic acids is 1. The predicted octanol–water partition coefficient (Wildman–Crippen LogP) is 6.51. The van der Waals surface area contributed by atoms with Crippen LogP contribution in [0, 0.1) is 11.3 Å². The molecule has 0 saturated heterocycles. The van der Waals surface area contributed by atoms with Crippen LogP contribution < -0.4 is 10.0 Å². The van der Waals surface area contributed by atoms with Gasteiger partial charge in [0.2, 0.25) is 0 Å². The lowest BCUT2D eigenvalue weighted by molar-refractivity contribution is 0.102. The van der Waals surface area contributed by atoms with E-state index >= 15 is 0 Å². The Kier molecular flexibility index (Phi) is 7.61. The quantitative estimate of drug-likeness (QED) is 0.281. The van der Waals surface area contributed by atoms with E-state index in [4.69, 9.17) is 23.2 Å². The van der Waals surface area contributed by atoms with Crippen molar-refractivity contribution in [3.8, 4) is 6.07 Å². The van der Waals surface area contributed by atoms with Crippen molar-refractivity contribution in [2.45, 2.75) is 11.3 Å². The second-order valence-corrected chi connectivity index (χ2v) is 10.4. The number of rotatable bonds is 7. The third kappa shape index (κ3) is 6.04. The number of amides is 1. The second kappa shape index (κ2) is 10.8. The molecule has 4 aromatic rings. The monoisotopic (exact) mass is 535 g/mol. The Morgan fingerprint density at radius 1 is 0.861 bits per heavy atom. The summed E-state index contributed by atoms with van der Waals surface area (Å²) in [6, 6.07) is 26.7. The van der Waals surface area contributed by atoms with Crippen LogP contribution in [0.4, 0.5) is 11.4 Å². The van der Waals surface area contributed by atoms with Crippen LogP contribution in [0.25, 0.3) is 0 Å². The highest BCUT2D eigenvalue weighted by Crippen LogP contribution is 2.26. The Labute approximate surface area is 219 Å². The number of nitrogens with one attached hydrogen (secondary N) is 2. The first-order chi connectivity index (χ1) is 17.2. The van der Waals surface area contributed by atoms with Crippen LogP contribution in [-0.4, -0.2) is 14.3 Å². The van der Waals surface area contributed by atoms with E-state index in [9.17, 15) is 18.5 Å². The lowest BCUT2D eigenvalue weighted by atomic mass is 10.0. The van der Waals surface area contributed by atoms with Gasteiger partial charge in [0, 0.05) is 15.7 Å². The van der Waals surface area contributed by atoms with Crippen molar-refractivity contribution >= 4 is 50.5 Å². The van der Waals surface area contributed by atoms with Crippen molar-refractivity contribution in [3.05, 3.63) is 123 Å². The van der Waals surface area contributed by atoms with Gasteiger partial charge in [0.25, 0.3) is 15.9 Å². The lowest BCUT2D eigenvalue weighted by Gasteiger charge is -2.14. The van der Waals surface area contributed by atoms with E-state index in [1.54, 1.807) is 18.2 Å². The molecule has 180 valence electrons. The van der Waals surface area contributed by atoms with Gasteiger partial charge in [-0.05, 0) is 78.2 Å². The molecule has 4 rings (SSSR count). The molecule has 0 aliphatic carbocycles. The molecule has 0 aromatic heterocycles. The summed E-state index contributed by atoms with van der Waals surface area (Å²) in [5.41, 5.74) is 3.15. The van der Waals surface area contributed by atoms with Crippen molar-refractivity contribution in [1.29, 1.82) is 5.26 Å². The zero-order valence-corrected chi connectivity index (χ0v) is 21.0. The topological polar surface area (TPSA) is 99.1 Å². The third-order valence-corrected chi connectivity index (χ3v) is 7.21. The molecule has 6 nitrogen and oxygen atoms in total. The number of halogens is 2. The highest BCUT2D eigenvalue weighted by molar-refractivity contribution is 7.92. The average Bonchev–Trinajstić information content (AvgIpc) is 2.86. The fraction of sp³-hybridized carbons (Fsp3) is 0.0370. The van der Waals surface area contributed by atoms with Gasteiger partial charge in [0.1, 0.15) is 0 Å². The standard InChI is InChI=1S/C27H19Cl2N3O3S/c28-21-7-12-24(13-8-21)36(34,35)32-26-14-9-22(29)16-25(26)27(33)31-23-10-5-18(6-11-23)15-19-3-1-2-4-20(19)17-30/h1-14,16,32H,15H2,(H,31,33). The number of nitrogens with zero attached hydrogens (tertiary/aromatic N) is 1. The summed E-state index contributed by atoms with van der Waals surface area (Å²) in [6.07, 6.45) is 0.572. The van der Waals surface area contributed by atoms with E-state index in [2.05, 4.69) is 16.1 Å². The van der Waals surface area contributed by atoms with Gasteiger partial charge >= 0.3 is 0 Å². The molecule has 1 amide bonds. The summed E-state index contributed by atoms with van der Waals surface area (Å²) in [4.78, 5) is 13.1. The Hall–Kier alpha value is -3.83. The first-order valence-electron chi connectivity index (χ1n) is 10.7. The number of sulfonamides is 1. The normalized spacial score (nSPS) is 10.9. The number of hydrogen-bond acceptors (Lipinski definition) is 4. The Bertz CT molecular complexity index is 1560. The van der Waals surface area contributed by atoms with Crippen LogP contribution in [0.1, 0.15) is 27.0 Å². The largest absolute Gasteiger partial charge is 0.322 e. The highest BCUT2D eigenvalue weighted by atomic mass is 35.5. The summed E-state index contributed by atoms with van der Waals surface area (Å²) < 4.78 is 28.1. The van der Waals surface area contributed by atoms with Crippen molar-refractivity contribution in [2.75, 3.05) is 10.0 Å². The smallest absolute Gasteiger partial charge is 0.261 e. The molecule has 0 atom stereocenters. The van der Waals surface area contributed by atoms with Crippen LogP contribution in [-0.2, 0) is 16.4 Å².